The van der Waals surface area contributed by atoms with Gasteiger partial charge < -0.3 is 5.32 Å². The highest BCUT2D eigenvalue weighted by Crippen LogP contribution is 2.39. The SMILES string of the molecule is O=C(Nc1ccc([N+](=O)[O-])c2c1C(=O)c1cc(Cl)c(Cl)cc1C2=O)c1ccccc1. The van der Waals surface area contributed by atoms with Gasteiger partial charge >= 0.3 is 0 Å². The zero-order valence-corrected chi connectivity index (χ0v) is 16.5. The molecule has 3 aromatic carbocycles. The van der Waals surface area contributed by atoms with Crippen molar-refractivity contribution in [2.75, 3.05) is 5.32 Å². The number of carbonyl (C=O) groups excluding carboxylic acids is 3. The second kappa shape index (κ2) is 7.37. The second-order valence-corrected chi connectivity index (χ2v) is 7.24. The maximum atomic E-state index is 13.2. The monoisotopic (exact) mass is 440 g/mol. The average Bonchev–Trinajstić information content (AvgIpc) is 2.73. The van der Waals surface area contributed by atoms with E-state index in [1.165, 1.54) is 18.2 Å². The Morgan fingerprint density at radius 1 is 0.867 bits per heavy atom. The first-order chi connectivity index (χ1) is 14.3. The fourth-order valence-corrected chi connectivity index (χ4v) is 3.62. The maximum Gasteiger partial charge on any atom is 0.281 e. The summed E-state index contributed by atoms with van der Waals surface area (Å²) in [6.45, 7) is 0. The standard InChI is InChI=1S/C21H10Cl2N2O5/c22-13-8-11-12(9-14(13)23)20(27)18-16(25(29)30)7-6-15(17(18)19(11)26)24-21(28)10-4-2-1-3-5-10/h1-9H,(H,24,28). The molecule has 0 bridgehead atoms. The number of fused-ring (bicyclic) bond motifs is 2. The molecule has 0 unspecified atom stereocenters. The van der Waals surface area contributed by atoms with Gasteiger partial charge in [-0.1, -0.05) is 41.4 Å². The summed E-state index contributed by atoms with van der Waals surface area (Å²) in [5.41, 5.74) is -1.04. The Hall–Kier alpha value is -3.55. The molecule has 0 heterocycles. The molecule has 148 valence electrons. The van der Waals surface area contributed by atoms with Crippen LogP contribution in [0.1, 0.15) is 42.2 Å². The lowest BCUT2D eigenvalue weighted by atomic mass is 9.82. The van der Waals surface area contributed by atoms with Crippen molar-refractivity contribution in [2.45, 2.75) is 0 Å². The Bertz CT molecular complexity index is 1270. The highest BCUT2D eigenvalue weighted by atomic mass is 35.5. The number of nitro groups is 1. The van der Waals surface area contributed by atoms with Crippen molar-refractivity contribution in [3.8, 4) is 0 Å². The van der Waals surface area contributed by atoms with Gasteiger partial charge in [-0.2, -0.15) is 0 Å². The summed E-state index contributed by atoms with van der Waals surface area (Å²) in [6, 6.07) is 12.9. The van der Waals surface area contributed by atoms with Crippen LogP contribution < -0.4 is 5.32 Å². The summed E-state index contributed by atoms with van der Waals surface area (Å²) < 4.78 is 0. The van der Waals surface area contributed by atoms with Crippen molar-refractivity contribution in [1.82, 2.24) is 0 Å². The molecular formula is C21H10Cl2N2O5. The quantitative estimate of drug-likeness (QED) is 0.359. The molecular weight excluding hydrogens is 431 g/mol. The molecule has 0 aromatic heterocycles. The van der Waals surface area contributed by atoms with E-state index in [0.717, 1.165) is 6.07 Å². The van der Waals surface area contributed by atoms with Gasteiger partial charge in [-0.15, -0.1) is 0 Å². The lowest BCUT2D eigenvalue weighted by Crippen LogP contribution is -2.25. The van der Waals surface area contributed by atoms with E-state index in [1.54, 1.807) is 30.3 Å². The third-order valence-electron chi connectivity index (χ3n) is 4.67. The number of benzene rings is 3. The minimum absolute atomic E-state index is 0.0143. The van der Waals surface area contributed by atoms with E-state index >= 15 is 0 Å². The summed E-state index contributed by atoms with van der Waals surface area (Å²) >= 11 is 12.0. The van der Waals surface area contributed by atoms with E-state index in [1.807, 2.05) is 0 Å². The summed E-state index contributed by atoms with van der Waals surface area (Å²) in [5, 5.41) is 14.2. The molecule has 0 fully saturated rings. The van der Waals surface area contributed by atoms with E-state index in [0.29, 0.717) is 5.56 Å². The molecule has 0 aliphatic heterocycles. The van der Waals surface area contributed by atoms with Crippen molar-refractivity contribution < 1.29 is 19.3 Å². The van der Waals surface area contributed by atoms with Gasteiger partial charge in [0.1, 0.15) is 5.56 Å². The highest BCUT2D eigenvalue weighted by molar-refractivity contribution is 6.43. The topological polar surface area (TPSA) is 106 Å². The first-order valence-corrected chi connectivity index (χ1v) is 9.31. The molecule has 4 rings (SSSR count). The molecule has 0 saturated carbocycles. The van der Waals surface area contributed by atoms with Crippen LogP contribution in [-0.2, 0) is 0 Å². The number of hydrogen-bond acceptors (Lipinski definition) is 5. The molecule has 7 nitrogen and oxygen atoms in total. The van der Waals surface area contributed by atoms with Crippen molar-refractivity contribution in [2.24, 2.45) is 0 Å². The molecule has 3 aromatic rings. The predicted octanol–water partition coefficient (Wildman–Crippen LogP) is 4.93. The molecule has 1 amide bonds. The van der Waals surface area contributed by atoms with Crippen LogP contribution in [-0.4, -0.2) is 22.4 Å². The van der Waals surface area contributed by atoms with Gasteiger partial charge in [-0.25, -0.2) is 0 Å². The average molecular weight is 441 g/mol. The smallest absolute Gasteiger partial charge is 0.281 e. The second-order valence-electron chi connectivity index (χ2n) is 6.43. The zero-order chi connectivity index (χ0) is 21.6. The largest absolute Gasteiger partial charge is 0.321 e. The van der Waals surface area contributed by atoms with E-state index in [9.17, 15) is 24.5 Å². The predicted molar refractivity (Wildman–Crippen MR) is 111 cm³/mol. The van der Waals surface area contributed by atoms with E-state index in [-0.39, 0.29) is 32.4 Å². The van der Waals surface area contributed by atoms with Gasteiger partial charge in [-0.05, 0) is 30.3 Å². The van der Waals surface area contributed by atoms with E-state index in [4.69, 9.17) is 23.2 Å². The molecule has 1 N–H and O–H groups in total. The van der Waals surface area contributed by atoms with Crippen molar-refractivity contribution in [1.29, 1.82) is 0 Å². The summed E-state index contributed by atoms with van der Waals surface area (Å²) in [5.74, 6) is -1.96. The van der Waals surface area contributed by atoms with Crippen LogP contribution in [0.2, 0.25) is 10.0 Å². The molecule has 1 aliphatic rings. The normalized spacial score (nSPS) is 12.2. The molecule has 0 spiro atoms. The number of anilines is 1. The van der Waals surface area contributed by atoms with Gasteiger partial charge in [0.15, 0.2) is 5.78 Å². The molecule has 30 heavy (non-hydrogen) atoms. The van der Waals surface area contributed by atoms with Gasteiger partial charge in [0.05, 0.1) is 26.2 Å². The zero-order valence-electron chi connectivity index (χ0n) is 14.9. The van der Waals surface area contributed by atoms with E-state index in [2.05, 4.69) is 5.32 Å². The number of nitrogens with zero attached hydrogens (tertiary/aromatic N) is 1. The van der Waals surface area contributed by atoms with Gasteiger partial charge in [-0.3, -0.25) is 24.5 Å². The van der Waals surface area contributed by atoms with Crippen molar-refractivity contribution >= 4 is 52.1 Å². The Labute approximate surface area is 179 Å². The fraction of sp³-hybridized carbons (Fsp3) is 0. The number of amides is 1. The van der Waals surface area contributed by atoms with Crippen molar-refractivity contribution in [3.63, 3.8) is 0 Å². The summed E-state index contributed by atoms with van der Waals surface area (Å²) in [7, 11) is 0. The van der Waals surface area contributed by atoms with Crippen LogP contribution in [0.3, 0.4) is 0 Å². The minimum atomic E-state index is -0.755. The van der Waals surface area contributed by atoms with E-state index < -0.39 is 33.6 Å². The molecule has 9 heteroatoms. The fourth-order valence-electron chi connectivity index (χ4n) is 3.29. The van der Waals surface area contributed by atoms with Crippen LogP contribution in [0.5, 0.6) is 0 Å². The Morgan fingerprint density at radius 2 is 1.43 bits per heavy atom. The number of nitrogens with one attached hydrogen (secondary N) is 1. The Balaban J connectivity index is 1.91. The summed E-state index contributed by atoms with van der Waals surface area (Å²) in [6.07, 6.45) is 0. The van der Waals surface area contributed by atoms with Crippen LogP contribution >= 0.6 is 23.2 Å². The third-order valence-corrected chi connectivity index (χ3v) is 5.39. The Morgan fingerprint density at radius 3 is 2.00 bits per heavy atom. The Kier molecular flexibility index (Phi) is 4.85. The third kappa shape index (κ3) is 3.14. The number of halogens is 2. The summed E-state index contributed by atoms with van der Waals surface area (Å²) in [4.78, 5) is 49.6. The van der Waals surface area contributed by atoms with Crippen LogP contribution in [0, 0.1) is 10.1 Å². The minimum Gasteiger partial charge on any atom is -0.321 e. The number of carbonyl (C=O) groups is 3. The molecule has 0 radical (unpaired) electrons. The molecule has 0 saturated heterocycles. The molecule has 1 aliphatic carbocycles. The number of nitro benzene ring substituents is 1. The maximum absolute atomic E-state index is 13.2. The van der Waals surface area contributed by atoms with Crippen LogP contribution in [0.15, 0.2) is 54.6 Å². The lowest BCUT2D eigenvalue weighted by molar-refractivity contribution is -0.385. The van der Waals surface area contributed by atoms with Gasteiger partial charge in [0.25, 0.3) is 11.6 Å². The number of hydrogen-bond donors (Lipinski definition) is 1. The van der Waals surface area contributed by atoms with Crippen LogP contribution in [0.4, 0.5) is 11.4 Å². The van der Waals surface area contributed by atoms with Gasteiger partial charge in [0, 0.05) is 22.8 Å². The lowest BCUT2D eigenvalue weighted by Gasteiger charge is -2.21. The van der Waals surface area contributed by atoms with Gasteiger partial charge in [0.2, 0.25) is 5.78 Å². The first kappa shape index (κ1) is 19.8. The highest BCUT2D eigenvalue weighted by Gasteiger charge is 2.38. The number of ketones is 2. The molecule has 0 atom stereocenters. The van der Waals surface area contributed by atoms with Crippen LogP contribution in [0.25, 0.3) is 0 Å². The first-order valence-electron chi connectivity index (χ1n) is 8.56. The van der Waals surface area contributed by atoms with Crippen molar-refractivity contribution in [3.05, 3.63) is 103 Å². The number of rotatable bonds is 3.